The van der Waals surface area contributed by atoms with E-state index in [1.807, 2.05) is 37.3 Å². The summed E-state index contributed by atoms with van der Waals surface area (Å²) in [5.41, 5.74) is 1.69. The maximum absolute atomic E-state index is 12.9. The molecule has 0 aromatic heterocycles. The Morgan fingerprint density at radius 2 is 1.78 bits per heavy atom. The third kappa shape index (κ3) is 4.85. The van der Waals surface area contributed by atoms with Gasteiger partial charge in [0.15, 0.2) is 0 Å². The Hall–Kier alpha value is -2.87. The van der Waals surface area contributed by atoms with Crippen molar-refractivity contribution in [2.24, 2.45) is 0 Å². The number of imide groups is 1. The number of nitrogens with zero attached hydrogens (tertiary/aromatic N) is 2. The molecule has 2 rings (SSSR count). The molecule has 2 amide bonds. The minimum atomic E-state index is -0.489. The normalized spacial score (nSPS) is 16.1. The zero-order valence-electron chi connectivity index (χ0n) is 16.2. The number of hydrogen-bond acceptors (Lipinski definition) is 4. The van der Waals surface area contributed by atoms with Gasteiger partial charge in [0.2, 0.25) is 0 Å². The third-order valence-corrected chi connectivity index (χ3v) is 4.47. The van der Waals surface area contributed by atoms with Crippen LogP contribution in [-0.4, -0.2) is 29.9 Å². The van der Waals surface area contributed by atoms with E-state index in [0.717, 1.165) is 37.0 Å². The summed E-state index contributed by atoms with van der Waals surface area (Å²) in [7, 11) is 0. The van der Waals surface area contributed by atoms with Crippen molar-refractivity contribution < 1.29 is 14.3 Å². The van der Waals surface area contributed by atoms with Gasteiger partial charge < -0.3 is 4.74 Å². The molecular weight excluding hydrogens is 340 g/mol. The zero-order valence-corrected chi connectivity index (χ0v) is 16.2. The van der Waals surface area contributed by atoms with Gasteiger partial charge in [0, 0.05) is 12.1 Å². The van der Waals surface area contributed by atoms with E-state index in [2.05, 4.69) is 6.92 Å². The van der Waals surface area contributed by atoms with Gasteiger partial charge >= 0.3 is 0 Å². The van der Waals surface area contributed by atoms with Gasteiger partial charge in [0.05, 0.1) is 6.61 Å². The fourth-order valence-electron chi connectivity index (χ4n) is 2.90. The molecule has 0 aliphatic carbocycles. The van der Waals surface area contributed by atoms with Gasteiger partial charge in [-0.15, -0.1) is 0 Å². The van der Waals surface area contributed by atoms with E-state index < -0.39 is 5.91 Å². The van der Waals surface area contributed by atoms with E-state index >= 15 is 0 Å². The van der Waals surface area contributed by atoms with Gasteiger partial charge in [-0.25, -0.2) is 0 Å². The van der Waals surface area contributed by atoms with Crippen molar-refractivity contribution in [3.8, 4) is 11.8 Å². The summed E-state index contributed by atoms with van der Waals surface area (Å²) in [6.45, 7) is 6.75. The first-order valence-corrected chi connectivity index (χ1v) is 9.45. The molecule has 0 fully saturated rings. The van der Waals surface area contributed by atoms with Crippen LogP contribution in [0, 0.1) is 11.3 Å². The Kier molecular flexibility index (Phi) is 7.36. The molecule has 5 heteroatoms. The fourth-order valence-corrected chi connectivity index (χ4v) is 2.90. The number of ether oxygens (including phenoxy) is 1. The van der Waals surface area contributed by atoms with Crippen LogP contribution in [-0.2, 0) is 9.59 Å². The summed E-state index contributed by atoms with van der Waals surface area (Å²) in [5, 5.41) is 9.40. The predicted molar refractivity (Wildman–Crippen MR) is 105 cm³/mol. The molecular formula is C22H26N2O3. The van der Waals surface area contributed by atoms with E-state index in [0.29, 0.717) is 24.3 Å². The standard InChI is InChI=1S/C22H26N2O3/c1-4-6-7-12-24-21(25)19(16(3)20(15-23)22(24)26)14-17-8-10-18(11-9-17)27-13-5-2/h8-11,14H,4-7,12-13H2,1-3H3/b19-14+. The number of carbonyl (C=O) groups excluding carboxylic acids is 2. The molecule has 0 spiro atoms. The Morgan fingerprint density at radius 3 is 2.37 bits per heavy atom. The van der Waals surface area contributed by atoms with Crippen molar-refractivity contribution in [3.05, 3.63) is 46.5 Å². The van der Waals surface area contributed by atoms with Crippen LogP contribution in [0.5, 0.6) is 5.75 Å². The molecule has 0 saturated carbocycles. The summed E-state index contributed by atoms with van der Waals surface area (Å²) in [6, 6.07) is 9.40. The summed E-state index contributed by atoms with van der Waals surface area (Å²) >= 11 is 0. The first kappa shape index (κ1) is 20.4. The molecule has 1 aliphatic heterocycles. The first-order chi connectivity index (χ1) is 13.0. The molecule has 142 valence electrons. The number of amides is 2. The molecule has 0 bridgehead atoms. The lowest BCUT2D eigenvalue weighted by atomic mass is 9.93. The monoisotopic (exact) mass is 366 g/mol. The van der Waals surface area contributed by atoms with Crippen molar-refractivity contribution >= 4 is 17.9 Å². The predicted octanol–water partition coefficient (Wildman–Crippen LogP) is 4.26. The van der Waals surface area contributed by atoms with E-state index in [-0.39, 0.29) is 11.5 Å². The van der Waals surface area contributed by atoms with Crippen molar-refractivity contribution in [2.45, 2.75) is 46.5 Å². The Labute approximate surface area is 160 Å². The second-order valence-corrected chi connectivity index (χ2v) is 6.56. The molecule has 1 heterocycles. The van der Waals surface area contributed by atoms with Gasteiger partial charge in [0.25, 0.3) is 11.8 Å². The number of rotatable bonds is 8. The van der Waals surface area contributed by atoms with Crippen LogP contribution in [0.2, 0.25) is 0 Å². The maximum atomic E-state index is 12.9. The molecule has 1 aromatic rings. The van der Waals surface area contributed by atoms with Crippen molar-refractivity contribution in [1.82, 2.24) is 4.90 Å². The van der Waals surface area contributed by atoms with Gasteiger partial charge in [-0.05, 0) is 49.1 Å². The van der Waals surface area contributed by atoms with Crippen LogP contribution in [0.25, 0.3) is 6.08 Å². The van der Waals surface area contributed by atoms with Crippen LogP contribution in [0.15, 0.2) is 41.0 Å². The minimum Gasteiger partial charge on any atom is -0.494 e. The molecule has 1 aromatic carbocycles. The zero-order chi connectivity index (χ0) is 19.8. The Bertz CT molecular complexity index is 798. The number of hydrogen-bond donors (Lipinski definition) is 0. The van der Waals surface area contributed by atoms with Crippen molar-refractivity contribution in [2.75, 3.05) is 13.2 Å². The van der Waals surface area contributed by atoms with Gasteiger partial charge in [-0.3, -0.25) is 14.5 Å². The molecule has 27 heavy (non-hydrogen) atoms. The largest absolute Gasteiger partial charge is 0.494 e. The van der Waals surface area contributed by atoms with Gasteiger partial charge in [-0.2, -0.15) is 5.26 Å². The highest BCUT2D eigenvalue weighted by Gasteiger charge is 2.34. The maximum Gasteiger partial charge on any atom is 0.271 e. The molecule has 0 N–H and O–H groups in total. The van der Waals surface area contributed by atoms with E-state index in [1.54, 1.807) is 13.0 Å². The SMILES string of the molecule is CCCCCN1C(=O)C(C#N)=C(C)/C(=C\c2ccc(OCCC)cc2)C1=O. The highest BCUT2D eigenvalue weighted by molar-refractivity contribution is 6.19. The number of nitriles is 1. The lowest BCUT2D eigenvalue weighted by Gasteiger charge is -2.27. The molecule has 0 saturated heterocycles. The van der Waals surface area contributed by atoms with Crippen molar-refractivity contribution in [3.63, 3.8) is 0 Å². The number of benzene rings is 1. The highest BCUT2D eigenvalue weighted by Crippen LogP contribution is 2.27. The Balaban J connectivity index is 2.33. The van der Waals surface area contributed by atoms with Crippen LogP contribution in [0.3, 0.4) is 0 Å². The van der Waals surface area contributed by atoms with Crippen LogP contribution < -0.4 is 4.74 Å². The van der Waals surface area contributed by atoms with E-state index in [4.69, 9.17) is 4.74 Å². The van der Waals surface area contributed by atoms with Gasteiger partial charge in [0.1, 0.15) is 17.4 Å². The first-order valence-electron chi connectivity index (χ1n) is 9.45. The lowest BCUT2D eigenvalue weighted by molar-refractivity contribution is -0.140. The lowest BCUT2D eigenvalue weighted by Crippen LogP contribution is -2.43. The molecule has 5 nitrogen and oxygen atoms in total. The summed E-state index contributed by atoms with van der Waals surface area (Å²) in [5.74, 6) is -0.0502. The van der Waals surface area contributed by atoms with Gasteiger partial charge in [-0.1, -0.05) is 38.8 Å². The Morgan fingerprint density at radius 1 is 1.07 bits per heavy atom. The minimum absolute atomic E-state index is 0.0419. The molecule has 0 unspecified atom stereocenters. The van der Waals surface area contributed by atoms with Crippen LogP contribution in [0.4, 0.5) is 0 Å². The van der Waals surface area contributed by atoms with E-state index in [9.17, 15) is 14.9 Å². The number of carbonyl (C=O) groups is 2. The summed E-state index contributed by atoms with van der Waals surface area (Å²) < 4.78 is 5.57. The quantitative estimate of drug-likeness (QED) is 0.392. The average molecular weight is 366 g/mol. The second-order valence-electron chi connectivity index (χ2n) is 6.56. The molecule has 0 atom stereocenters. The molecule has 1 aliphatic rings. The topological polar surface area (TPSA) is 70.4 Å². The molecule has 0 radical (unpaired) electrons. The second kappa shape index (κ2) is 9.72. The highest BCUT2D eigenvalue weighted by atomic mass is 16.5. The fraction of sp³-hybridized carbons (Fsp3) is 0.409. The smallest absolute Gasteiger partial charge is 0.271 e. The van der Waals surface area contributed by atoms with Crippen molar-refractivity contribution in [1.29, 1.82) is 5.26 Å². The summed E-state index contributed by atoms with van der Waals surface area (Å²) in [6.07, 6.45) is 5.33. The average Bonchev–Trinajstić information content (AvgIpc) is 2.67. The van der Waals surface area contributed by atoms with Crippen LogP contribution >= 0.6 is 0 Å². The third-order valence-electron chi connectivity index (χ3n) is 4.47. The number of unbranched alkanes of at least 4 members (excludes halogenated alkanes) is 2. The van der Waals surface area contributed by atoms with Crippen LogP contribution in [0.1, 0.15) is 52.0 Å². The summed E-state index contributed by atoms with van der Waals surface area (Å²) in [4.78, 5) is 26.6. The van der Waals surface area contributed by atoms with E-state index in [1.165, 1.54) is 4.90 Å².